The van der Waals surface area contributed by atoms with Gasteiger partial charge in [0.05, 0.1) is 6.61 Å². The average molecular weight is 269 g/mol. The van der Waals surface area contributed by atoms with Gasteiger partial charge in [-0.3, -0.25) is 0 Å². The Morgan fingerprint density at radius 3 is 2.45 bits per heavy atom. The van der Waals surface area contributed by atoms with Crippen molar-refractivity contribution in [2.75, 3.05) is 13.7 Å². The molecule has 0 saturated heterocycles. The monoisotopic (exact) mass is 269 g/mol. The Morgan fingerprint density at radius 1 is 1.00 bits per heavy atom. The van der Waals surface area contributed by atoms with Crippen LogP contribution in [-0.2, 0) is 0 Å². The second-order valence-corrected chi connectivity index (χ2v) is 5.04. The van der Waals surface area contributed by atoms with Crippen LogP contribution in [0.2, 0.25) is 0 Å². The van der Waals surface area contributed by atoms with E-state index in [1.165, 1.54) is 5.56 Å². The SMILES string of the molecule is CNC(C)CCCOc1ccccc1-c1ccccc1. The average Bonchev–Trinajstić information content (AvgIpc) is 2.52. The molecule has 1 N–H and O–H groups in total. The molecule has 0 aliphatic carbocycles. The Balaban J connectivity index is 1.99. The van der Waals surface area contributed by atoms with Gasteiger partial charge in [0, 0.05) is 11.6 Å². The van der Waals surface area contributed by atoms with Crippen LogP contribution < -0.4 is 10.1 Å². The molecule has 1 unspecified atom stereocenters. The second-order valence-electron chi connectivity index (χ2n) is 5.04. The van der Waals surface area contributed by atoms with Crippen LogP contribution in [0.3, 0.4) is 0 Å². The third-order valence-electron chi connectivity index (χ3n) is 3.50. The van der Waals surface area contributed by atoms with E-state index in [0.29, 0.717) is 6.04 Å². The zero-order valence-corrected chi connectivity index (χ0v) is 12.3. The molecule has 20 heavy (non-hydrogen) atoms. The van der Waals surface area contributed by atoms with E-state index >= 15 is 0 Å². The highest BCUT2D eigenvalue weighted by Crippen LogP contribution is 2.29. The van der Waals surface area contributed by atoms with Crippen molar-refractivity contribution in [2.45, 2.75) is 25.8 Å². The topological polar surface area (TPSA) is 21.3 Å². The minimum atomic E-state index is 0.544. The summed E-state index contributed by atoms with van der Waals surface area (Å²) in [6, 6.07) is 19.2. The van der Waals surface area contributed by atoms with Crippen LogP contribution in [-0.4, -0.2) is 19.7 Å². The fraction of sp³-hybridized carbons (Fsp3) is 0.333. The van der Waals surface area contributed by atoms with E-state index in [-0.39, 0.29) is 0 Å². The van der Waals surface area contributed by atoms with E-state index in [2.05, 4.69) is 48.6 Å². The predicted octanol–water partition coefficient (Wildman–Crippen LogP) is 4.12. The third kappa shape index (κ3) is 4.10. The van der Waals surface area contributed by atoms with Gasteiger partial charge in [-0.25, -0.2) is 0 Å². The first-order valence-electron chi connectivity index (χ1n) is 7.26. The fourth-order valence-electron chi connectivity index (χ4n) is 2.16. The Kier molecular flexibility index (Phi) is 5.63. The van der Waals surface area contributed by atoms with Crippen LogP contribution in [0.4, 0.5) is 0 Å². The number of para-hydroxylation sites is 1. The van der Waals surface area contributed by atoms with Crippen molar-refractivity contribution in [1.82, 2.24) is 5.32 Å². The lowest BCUT2D eigenvalue weighted by molar-refractivity contribution is 0.300. The molecule has 0 amide bonds. The molecular formula is C18H23NO. The minimum absolute atomic E-state index is 0.544. The Morgan fingerprint density at radius 2 is 1.70 bits per heavy atom. The molecule has 2 aromatic carbocycles. The van der Waals surface area contributed by atoms with Crippen molar-refractivity contribution in [3.05, 3.63) is 54.6 Å². The lowest BCUT2D eigenvalue weighted by Crippen LogP contribution is -2.21. The summed E-state index contributed by atoms with van der Waals surface area (Å²) in [5.41, 5.74) is 2.36. The summed E-state index contributed by atoms with van der Waals surface area (Å²) >= 11 is 0. The highest BCUT2D eigenvalue weighted by Gasteiger charge is 2.05. The maximum absolute atomic E-state index is 5.96. The van der Waals surface area contributed by atoms with E-state index in [1.54, 1.807) is 0 Å². The standard InChI is InChI=1S/C18H23NO/c1-15(19-2)9-8-14-20-18-13-7-6-12-17(18)16-10-4-3-5-11-16/h3-7,10-13,15,19H,8-9,14H2,1-2H3. The van der Waals surface area contributed by atoms with Gasteiger partial charge >= 0.3 is 0 Å². The van der Waals surface area contributed by atoms with E-state index in [1.807, 2.05) is 25.2 Å². The van der Waals surface area contributed by atoms with Gasteiger partial charge in [0.1, 0.15) is 5.75 Å². The number of benzene rings is 2. The third-order valence-corrected chi connectivity index (χ3v) is 3.50. The molecule has 0 aliphatic rings. The molecule has 1 atom stereocenters. The summed E-state index contributed by atoms with van der Waals surface area (Å²) in [7, 11) is 2.00. The van der Waals surface area contributed by atoms with Crippen molar-refractivity contribution in [2.24, 2.45) is 0 Å². The molecule has 0 saturated carbocycles. The molecule has 0 aliphatic heterocycles. The quantitative estimate of drug-likeness (QED) is 0.763. The van der Waals surface area contributed by atoms with Crippen molar-refractivity contribution < 1.29 is 4.74 Å². The molecule has 2 heteroatoms. The van der Waals surface area contributed by atoms with Gasteiger partial charge in [-0.2, -0.15) is 0 Å². The summed E-state index contributed by atoms with van der Waals surface area (Å²) in [4.78, 5) is 0. The van der Waals surface area contributed by atoms with Crippen LogP contribution in [0.5, 0.6) is 5.75 Å². The molecule has 2 rings (SSSR count). The van der Waals surface area contributed by atoms with Crippen molar-refractivity contribution in [3.8, 4) is 16.9 Å². The number of rotatable bonds is 7. The van der Waals surface area contributed by atoms with Gasteiger partial charge < -0.3 is 10.1 Å². The maximum Gasteiger partial charge on any atom is 0.127 e. The van der Waals surface area contributed by atoms with Crippen molar-refractivity contribution in [3.63, 3.8) is 0 Å². The number of hydrogen-bond donors (Lipinski definition) is 1. The second kappa shape index (κ2) is 7.71. The van der Waals surface area contributed by atoms with Gasteiger partial charge in [-0.1, -0.05) is 48.5 Å². The Bertz CT molecular complexity index is 510. The van der Waals surface area contributed by atoms with Gasteiger partial charge in [0.15, 0.2) is 0 Å². The molecule has 0 bridgehead atoms. The number of nitrogens with one attached hydrogen (secondary N) is 1. The highest BCUT2D eigenvalue weighted by atomic mass is 16.5. The molecule has 0 aromatic heterocycles. The van der Waals surface area contributed by atoms with Gasteiger partial charge in [-0.05, 0) is 38.4 Å². The number of ether oxygens (including phenoxy) is 1. The zero-order chi connectivity index (χ0) is 14.2. The van der Waals surface area contributed by atoms with Crippen LogP contribution >= 0.6 is 0 Å². The zero-order valence-electron chi connectivity index (χ0n) is 12.3. The summed E-state index contributed by atoms with van der Waals surface area (Å²) < 4.78 is 5.96. The lowest BCUT2D eigenvalue weighted by atomic mass is 10.1. The normalized spacial score (nSPS) is 12.1. The maximum atomic E-state index is 5.96. The first-order chi connectivity index (χ1) is 9.81. The van der Waals surface area contributed by atoms with Gasteiger partial charge in [0.2, 0.25) is 0 Å². The summed E-state index contributed by atoms with van der Waals surface area (Å²) in [5, 5.41) is 3.25. The molecule has 0 fully saturated rings. The molecular weight excluding hydrogens is 246 g/mol. The van der Waals surface area contributed by atoms with E-state index < -0.39 is 0 Å². The summed E-state index contributed by atoms with van der Waals surface area (Å²) in [6.07, 6.45) is 2.19. The van der Waals surface area contributed by atoms with E-state index in [0.717, 1.165) is 30.8 Å². The Labute approximate surface area is 121 Å². The van der Waals surface area contributed by atoms with Crippen molar-refractivity contribution in [1.29, 1.82) is 0 Å². The molecule has 0 spiro atoms. The first kappa shape index (κ1) is 14.6. The van der Waals surface area contributed by atoms with E-state index in [9.17, 15) is 0 Å². The molecule has 0 heterocycles. The minimum Gasteiger partial charge on any atom is -0.493 e. The van der Waals surface area contributed by atoms with Crippen molar-refractivity contribution >= 4 is 0 Å². The lowest BCUT2D eigenvalue weighted by Gasteiger charge is -2.13. The number of hydrogen-bond acceptors (Lipinski definition) is 2. The molecule has 2 aromatic rings. The molecule has 0 radical (unpaired) electrons. The summed E-state index contributed by atoms with van der Waals surface area (Å²) in [6.45, 7) is 2.95. The first-order valence-corrected chi connectivity index (χ1v) is 7.26. The van der Waals surface area contributed by atoms with Crippen LogP contribution in [0.1, 0.15) is 19.8 Å². The molecule has 2 nitrogen and oxygen atoms in total. The van der Waals surface area contributed by atoms with Crippen LogP contribution in [0.15, 0.2) is 54.6 Å². The fourth-order valence-corrected chi connectivity index (χ4v) is 2.16. The molecule has 106 valence electrons. The van der Waals surface area contributed by atoms with E-state index in [4.69, 9.17) is 4.74 Å². The summed E-state index contributed by atoms with van der Waals surface area (Å²) in [5.74, 6) is 0.968. The Hall–Kier alpha value is -1.80. The predicted molar refractivity (Wildman–Crippen MR) is 85.1 cm³/mol. The van der Waals surface area contributed by atoms with Gasteiger partial charge in [-0.15, -0.1) is 0 Å². The van der Waals surface area contributed by atoms with Crippen LogP contribution in [0, 0.1) is 0 Å². The highest BCUT2D eigenvalue weighted by molar-refractivity contribution is 5.70. The largest absolute Gasteiger partial charge is 0.493 e. The van der Waals surface area contributed by atoms with Crippen LogP contribution in [0.25, 0.3) is 11.1 Å². The van der Waals surface area contributed by atoms with Gasteiger partial charge in [0.25, 0.3) is 0 Å². The smallest absolute Gasteiger partial charge is 0.127 e.